The van der Waals surface area contributed by atoms with Crippen LogP contribution in [0.5, 0.6) is 0 Å². The second-order valence-corrected chi connectivity index (χ2v) is 7.63. The smallest absolute Gasteiger partial charge is 0.219 e. The van der Waals surface area contributed by atoms with Crippen molar-refractivity contribution in [2.75, 3.05) is 0 Å². The van der Waals surface area contributed by atoms with Gasteiger partial charge in [-0.1, -0.05) is 13.8 Å². The second kappa shape index (κ2) is 6.74. The topological polar surface area (TPSA) is 103 Å². The molecule has 8 heteroatoms. The number of carbonyl (C=O) groups excluding carboxylic acids is 1. The summed E-state index contributed by atoms with van der Waals surface area (Å²) in [5, 5.41) is 4.06. The molecule has 0 aliphatic rings. The maximum absolute atomic E-state index is 13.2. The Bertz CT molecular complexity index is 865. The van der Waals surface area contributed by atoms with Crippen molar-refractivity contribution in [1.82, 2.24) is 9.97 Å². The molecular weight excluding hydrogens is 333 g/mol. The molecule has 1 heterocycles. The van der Waals surface area contributed by atoms with Crippen LogP contribution in [0.25, 0.3) is 11.3 Å². The minimum atomic E-state index is -3.90. The van der Waals surface area contributed by atoms with Crippen molar-refractivity contribution < 1.29 is 17.6 Å². The first-order chi connectivity index (χ1) is 11.1. The molecule has 1 atom stereocenters. The number of carbonyl (C=O) groups is 1. The highest BCUT2D eigenvalue weighted by atomic mass is 32.2. The fourth-order valence-electron chi connectivity index (χ4n) is 2.22. The molecule has 2 aromatic rings. The second-order valence-electron chi connectivity index (χ2n) is 5.74. The summed E-state index contributed by atoms with van der Waals surface area (Å²) >= 11 is 0. The zero-order valence-corrected chi connectivity index (χ0v) is 14.3. The van der Waals surface area contributed by atoms with E-state index in [9.17, 15) is 17.6 Å². The van der Waals surface area contributed by atoms with E-state index in [2.05, 4.69) is 9.97 Å². The van der Waals surface area contributed by atoms with Gasteiger partial charge < -0.3 is 0 Å². The molecule has 0 saturated heterocycles. The van der Waals surface area contributed by atoms with Gasteiger partial charge in [-0.05, 0) is 37.1 Å². The van der Waals surface area contributed by atoms with Crippen LogP contribution in [0.2, 0.25) is 0 Å². The third-order valence-corrected chi connectivity index (χ3v) is 4.83. The molecule has 0 spiro atoms. The third-order valence-electron chi connectivity index (χ3n) is 3.63. The highest BCUT2D eigenvalue weighted by molar-refractivity contribution is 7.89. The summed E-state index contributed by atoms with van der Waals surface area (Å²) in [6, 6.07) is 5.42. The van der Waals surface area contributed by atoms with E-state index < -0.39 is 21.1 Å². The Kier molecular flexibility index (Phi) is 5.10. The number of rotatable bonds is 5. The maximum atomic E-state index is 13.2. The minimum absolute atomic E-state index is 0.00567. The number of primary sulfonamides is 1. The van der Waals surface area contributed by atoms with E-state index in [-0.39, 0.29) is 23.0 Å². The monoisotopic (exact) mass is 351 g/mol. The zero-order chi connectivity index (χ0) is 18.1. The van der Waals surface area contributed by atoms with Gasteiger partial charge in [0.05, 0.1) is 17.0 Å². The molecule has 0 fully saturated rings. The summed E-state index contributed by atoms with van der Waals surface area (Å²) in [6.07, 6.45) is 0.624. The summed E-state index contributed by atoms with van der Waals surface area (Å²) in [4.78, 5) is 20.0. The molecule has 1 aromatic heterocycles. The van der Waals surface area contributed by atoms with Gasteiger partial charge in [-0.25, -0.2) is 27.9 Å². The van der Waals surface area contributed by atoms with Crippen molar-refractivity contribution in [2.45, 2.75) is 31.9 Å². The first-order valence-electron chi connectivity index (χ1n) is 7.29. The van der Waals surface area contributed by atoms with E-state index >= 15 is 0 Å². The van der Waals surface area contributed by atoms with Crippen LogP contribution < -0.4 is 5.14 Å². The number of benzene rings is 1. The molecule has 0 aliphatic carbocycles. The summed E-state index contributed by atoms with van der Waals surface area (Å²) in [5.41, 5.74) is 1.42. The zero-order valence-electron chi connectivity index (χ0n) is 13.5. The third kappa shape index (κ3) is 3.65. The van der Waals surface area contributed by atoms with E-state index in [0.717, 1.165) is 0 Å². The fourth-order valence-corrected chi connectivity index (χ4v) is 2.62. The van der Waals surface area contributed by atoms with Gasteiger partial charge in [0.15, 0.2) is 6.29 Å². The lowest BCUT2D eigenvalue weighted by molar-refractivity contribution is 0.112. The van der Waals surface area contributed by atoms with Crippen LogP contribution in [0.1, 0.15) is 53.8 Å². The van der Waals surface area contributed by atoms with Crippen LogP contribution >= 0.6 is 0 Å². The van der Waals surface area contributed by atoms with Crippen molar-refractivity contribution in [3.05, 3.63) is 47.2 Å². The number of nitrogens with two attached hydrogens (primary N) is 1. The number of hydrogen-bond donors (Lipinski definition) is 1. The Hall–Kier alpha value is -2.19. The molecule has 0 amide bonds. The average molecular weight is 351 g/mol. The Balaban J connectivity index is 2.78. The molecule has 0 aliphatic heterocycles. The predicted molar refractivity (Wildman–Crippen MR) is 88.4 cm³/mol. The predicted octanol–water partition coefficient (Wildman–Crippen LogP) is 2.57. The van der Waals surface area contributed by atoms with Gasteiger partial charge in [-0.2, -0.15) is 0 Å². The van der Waals surface area contributed by atoms with Crippen LogP contribution in [0.3, 0.4) is 0 Å². The number of halogens is 1. The largest absolute Gasteiger partial charge is 0.298 e. The number of aromatic nitrogens is 2. The molecular formula is C16H18FN3O3S. The highest BCUT2D eigenvalue weighted by Gasteiger charge is 2.25. The number of hydrogen-bond acceptors (Lipinski definition) is 5. The van der Waals surface area contributed by atoms with Crippen molar-refractivity contribution >= 4 is 16.3 Å². The Morgan fingerprint density at radius 3 is 2.17 bits per heavy atom. The van der Waals surface area contributed by atoms with Crippen molar-refractivity contribution in [2.24, 2.45) is 5.14 Å². The number of nitrogens with zero attached hydrogens (tertiary/aromatic N) is 2. The van der Waals surface area contributed by atoms with Crippen LogP contribution in [-0.4, -0.2) is 24.7 Å². The van der Waals surface area contributed by atoms with E-state index in [1.54, 1.807) is 0 Å². The molecule has 6 nitrogen and oxygen atoms in total. The summed E-state index contributed by atoms with van der Waals surface area (Å²) in [7, 11) is -3.90. The Labute approximate surface area is 140 Å². The Morgan fingerprint density at radius 1 is 1.12 bits per heavy atom. The first kappa shape index (κ1) is 18.2. The molecule has 2 rings (SSSR count). The summed E-state index contributed by atoms with van der Waals surface area (Å²) in [6.45, 7) is 5.04. The Morgan fingerprint density at radius 2 is 1.71 bits per heavy atom. The van der Waals surface area contributed by atoms with Gasteiger partial charge in [0.25, 0.3) is 0 Å². The van der Waals surface area contributed by atoms with Crippen molar-refractivity contribution in [1.29, 1.82) is 0 Å². The molecule has 24 heavy (non-hydrogen) atoms. The van der Waals surface area contributed by atoms with E-state index in [0.29, 0.717) is 17.5 Å². The number of sulfonamides is 1. The summed E-state index contributed by atoms with van der Waals surface area (Å²) in [5.74, 6) is -0.562. The molecule has 1 unspecified atom stereocenters. The maximum Gasteiger partial charge on any atom is 0.219 e. The fraction of sp³-hybridized carbons (Fsp3) is 0.312. The molecule has 0 radical (unpaired) electrons. The molecule has 2 N–H and O–H groups in total. The number of aldehydes is 1. The summed E-state index contributed by atoms with van der Waals surface area (Å²) < 4.78 is 36.4. The van der Waals surface area contributed by atoms with Gasteiger partial charge >= 0.3 is 0 Å². The van der Waals surface area contributed by atoms with E-state index in [4.69, 9.17) is 5.14 Å². The van der Waals surface area contributed by atoms with E-state index in [1.165, 1.54) is 31.2 Å². The quantitative estimate of drug-likeness (QED) is 0.834. The van der Waals surface area contributed by atoms with Crippen molar-refractivity contribution in [3.8, 4) is 11.3 Å². The van der Waals surface area contributed by atoms with Crippen LogP contribution in [0, 0.1) is 5.82 Å². The lowest BCUT2D eigenvalue weighted by atomic mass is 9.99. The molecule has 0 bridgehead atoms. The van der Waals surface area contributed by atoms with Crippen LogP contribution in [-0.2, 0) is 10.0 Å². The van der Waals surface area contributed by atoms with Gasteiger partial charge in [0.1, 0.15) is 16.9 Å². The molecule has 0 saturated carbocycles. The molecule has 1 aromatic carbocycles. The van der Waals surface area contributed by atoms with Crippen LogP contribution in [0.15, 0.2) is 24.3 Å². The average Bonchev–Trinajstić information content (AvgIpc) is 2.52. The van der Waals surface area contributed by atoms with Gasteiger partial charge in [0, 0.05) is 5.56 Å². The van der Waals surface area contributed by atoms with Crippen molar-refractivity contribution in [3.63, 3.8) is 0 Å². The SMILES string of the molecule is CC(C)c1nc(C(C)S(N)(=O)=O)nc(-c2ccc(F)cc2)c1C=O. The molecule has 128 valence electrons. The lowest BCUT2D eigenvalue weighted by Crippen LogP contribution is -2.22. The normalized spacial score (nSPS) is 13.1. The minimum Gasteiger partial charge on any atom is -0.298 e. The lowest BCUT2D eigenvalue weighted by Gasteiger charge is -2.16. The van der Waals surface area contributed by atoms with Gasteiger partial charge in [-0.15, -0.1) is 0 Å². The van der Waals surface area contributed by atoms with Gasteiger partial charge in [0.2, 0.25) is 10.0 Å². The highest BCUT2D eigenvalue weighted by Crippen LogP contribution is 2.29. The first-order valence-corrected chi connectivity index (χ1v) is 8.90. The van der Waals surface area contributed by atoms with Gasteiger partial charge in [-0.3, -0.25) is 4.79 Å². The standard InChI is InChI=1S/C16H18FN3O3S/c1-9(2)14-13(8-21)15(11-4-6-12(17)7-5-11)20-16(19-14)10(3)24(18,22)23/h4-10H,1-3H3,(H2,18,22,23). The van der Waals surface area contributed by atoms with E-state index in [1.807, 2.05) is 13.8 Å². The van der Waals surface area contributed by atoms with Crippen LogP contribution in [0.4, 0.5) is 4.39 Å².